The molecule has 0 atom stereocenters. The predicted molar refractivity (Wildman–Crippen MR) is 160 cm³/mol. The molecule has 14 N–H and O–H groups in total. The molecule has 228 valence electrons. The number of nitrogens with one attached hydrogen (secondary N) is 12. The number of amides is 2. The lowest BCUT2D eigenvalue weighted by Crippen LogP contribution is -2.49. The molecule has 2 amide bonds. The van der Waals surface area contributed by atoms with Gasteiger partial charge in [-0.15, -0.1) is 0 Å². The molecule has 2 rings (SSSR count). The first-order valence-corrected chi connectivity index (χ1v) is 14.6. The second-order valence-corrected chi connectivity index (χ2v) is 10.5. The molecule has 40 heavy (non-hydrogen) atoms. The van der Waals surface area contributed by atoms with Crippen molar-refractivity contribution < 1.29 is 4.79 Å². The molecule has 2 saturated carbocycles. The first kappa shape index (κ1) is 32.7. The highest BCUT2D eigenvalue weighted by Gasteiger charge is 2.21. The summed E-state index contributed by atoms with van der Waals surface area (Å²) in [5.74, 6) is 2.01. The van der Waals surface area contributed by atoms with Gasteiger partial charge < -0.3 is 47.9 Å². The average molecular weight is 565 g/mol. The summed E-state index contributed by atoms with van der Waals surface area (Å²) in [6, 6.07) is -0.356. The smallest absolute Gasteiger partial charge is 0.324 e. The Morgan fingerprint density at radius 1 is 0.625 bits per heavy atom. The summed E-state index contributed by atoms with van der Waals surface area (Å²) in [7, 11) is 0. The number of urea groups is 1. The van der Waals surface area contributed by atoms with Gasteiger partial charge in [-0.2, -0.15) is 0 Å². The second-order valence-electron chi connectivity index (χ2n) is 10.5. The highest BCUT2D eigenvalue weighted by Crippen LogP contribution is 2.27. The van der Waals surface area contributed by atoms with Gasteiger partial charge in [0.15, 0.2) is 23.8 Å². The van der Waals surface area contributed by atoms with Crippen LogP contribution in [-0.2, 0) is 0 Å². The Morgan fingerprint density at radius 2 is 1.07 bits per heavy atom. The van der Waals surface area contributed by atoms with E-state index >= 15 is 0 Å². The van der Waals surface area contributed by atoms with Crippen molar-refractivity contribution in [2.24, 2.45) is 17.6 Å². The van der Waals surface area contributed by atoms with E-state index in [1.807, 2.05) is 0 Å². The van der Waals surface area contributed by atoms with E-state index in [4.69, 9.17) is 27.4 Å². The van der Waals surface area contributed by atoms with Crippen molar-refractivity contribution in [3.63, 3.8) is 0 Å². The minimum atomic E-state index is -0.356. The SMILES string of the molecule is N=C(N)NCCCN(CCCNC(=N)NCC1CC1)C(=O)NC(=N)NCCCNCCCNC(=N)NCC1CC1. The summed E-state index contributed by atoms with van der Waals surface area (Å²) in [6.45, 7) is 6.62. The van der Waals surface area contributed by atoms with E-state index in [0.29, 0.717) is 63.4 Å². The van der Waals surface area contributed by atoms with E-state index in [-0.39, 0.29) is 18.0 Å². The van der Waals surface area contributed by atoms with Crippen LogP contribution in [-0.4, -0.2) is 100 Å². The Kier molecular flexibility index (Phi) is 16.0. The van der Waals surface area contributed by atoms with Gasteiger partial charge >= 0.3 is 6.03 Å². The summed E-state index contributed by atoms with van der Waals surface area (Å²) in [6.07, 6.45) is 7.99. The number of guanidine groups is 4. The molecular formula is C25H52N14O. The van der Waals surface area contributed by atoms with Crippen LogP contribution in [0.25, 0.3) is 0 Å². The fraction of sp³-hybridized carbons (Fsp3) is 0.800. The van der Waals surface area contributed by atoms with Crippen LogP contribution >= 0.6 is 0 Å². The van der Waals surface area contributed by atoms with Crippen molar-refractivity contribution in [2.45, 2.75) is 51.4 Å². The van der Waals surface area contributed by atoms with Gasteiger partial charge in [-0.25, -0.2) is 4.79 Å². The minimum Gasteiger partial charge on any atom is -0.370 e. The zero-order valence-electron chi connectivity index (χ0n) is 23.8. The minimum absolute atomic E-state index is 0.0394. The lowest BCUT2D eigenvalue weighted by Gasteiger charge is -2.24. The molecular weight excluding hydrogens is 512 g/mol. The molecule has 0 bridgehead atoms. The van der Waals surface area contributed by atoms with Crippen molar-refractivity contribution >= 4 is 29.9 Å². The Hall–Kier alpha value is -3.49. The molecule has 15 heteroatoms. The number of hydrogen-bond donors (Lipinski definition) is 13. The van der Waals surface area contributed by atoms with Crippen LogP contribution < -0.4 is 48.3 Å². The topological polar surface area (TPSA) is 238 Å². The molecule has 0 saturated heterocycles. The second kappa shape index (κ2) is 19.6. The van der Waals surface area contributed by atoms with Gasteiger partial charge in [0.05, 0.1) is 0 Å². The predicted octanol–water partition coefficient (Wildman–Crippen LogP) is -0.797. The Bertz CT molecular complexity index is 798. The standard InChI is InChI=1S/C25H52N14O/c26-21(27)32-13-3-15-39(16-4-14-34-23(29)37-18-20-7-8-20)25(40)38-24(30)35-12-2-10-31-9-1-11-33-22(28)36-17-19-5-6-19/h19-20,31H,1-18H2,(H4,26,27,32)(H3,28,33,36)(H3,29,34,37)(H3,30,35,38,40). The monoisotopic (exact) mass is 564 g/mol. The highest BCUT2D eigenvalue weighted by molar-refractivity contribution is 5.94. The number of hydrogen-bond acceptors (Lipinski definition) is 6. The van der Waals surface area contributed by atoms with Gasteiger partial charge in [0, 0.05) is 52.4 Å². The Morgan fingerprint density at radius 3 is 1.55 bits per heavy atom. The maximum absolute atomic E-state index is 12.8. The molecule has 0 spiro atoms. The number of carbonyl (C=O) groups excluding carboxylic acids is 1. The van der Waals surface area contributed by atoms with Crippen LogP contribution in [0.15, 0.2) is 0 Å². The van der Waals surface area contributed by atoms with Crippen LogP contribution in [0, 0.1) is 33.5 Å². The van der Waals surface area contributed by atoms with Crippen LogP contribution in [0.5, 0.6) is 0 Å². The van der Waals surface area contributed by atoms with Crippen molar-refractivity contribution in [3.8, 4) is 0 Å². The molecule has 0 aromatic carbocycles. The zero-order chi connectivity index (χ0) is 29.0. The Labute approximate surface area is 238 Å². The lowest BCUT2D eigenvalue weighted by molar-refractivity contribution is 0.201. The van der Waals surface area contributed by atoms with Crippen molar-refractivity contribution in [3.05, 3.63) is 0 Å². The maximum atomic E-state index is 12.8. The third-order valence-corrected chi connectivity index (χ3v) is 6.54. The molecule has 0 aromatic rings. The third kappa shape index (κ3) is 17.9. The number of nitrogens with zero attached hydrogens (tertiary/aromatic N) is 1. The normalized spacial score (nSPS) is 14.0. The van der Waals surface area contributed by atoms with E-state index in [2.05, 4.69) is 42.5 Å². The number of rotatable bonds is 20. The molecule has 2 fully saturated rings. The summed E-state index contributed by atoms with van der Waals surface area (Å²) < 4.78 is 0. The maximum Gasteiger partial charge on any atom is 0.324 e. The van der Waals surface area contributed by atoms with E-state index in [1.165, 1.54) is 25.7 Å². The van der Waals surface area contributed by atoms with Crippen LogP contribution in [0.1, 0.15) is 51.4 Å². The van der Waals surface area contributed by atoms with Gasteiger partial charge in [-0.3, -0.25) is 27.0 Å². The third-order valence-electron chi connectivity index (χ3n) is 6.54. The molecule has 15 nitrogen and oxygen atoms in total. The van der Waals surface area contributed by atoms with Gasteiger partial charge in [0.1, 0.15) is 0 Å². The van der Waals surface area contributed by atoms with Crippen LogP contribution in [0.3, 0.4) is 0 Å². The molecule has 0 unspecified atom stereocenters. The van der Waals surface area contributed by atoms with Crippen LogP contribution in [0.2, 0.25) is 0 Å². The lowest BCUT2D eigenvalue weighted by atomic mass is 10.3. The van der Waals surface area contributed by atoms with Gasteiger partial charge in [0.2, 0.25) is 0 Å². The van der Waals surface area contributed by atoms with E-state index in [0.717, 1.165) is 51.5 Å². The molecule has 2 aliphatic rings. The summed E-state index contributed by atoms with van der Waals surface area (Å²) in [4.78, 5) is 14.4. The first-order valence-electron chi connectivity index (χ1n) is 14.6. The van der Waals surface area contributed by atoms with Crippen LogP contribution in [0.4, 0.5) is 4.79 Å². The van der Waals surface area contributed by atoms with Crippen molar-refractivity contribution in [1.29, 1.82) is 21.6 Å². The highest BCUT2D eigenvalue weighted by atomic mass is 16.2. The summed E-state index contributed by atoms with van der Waals surface area (Å²) in [5, 5.41) is 55.0. The largest absolute Gasteiger partial charge is 0.370 e. The van der Waals surface area contributed by atoms with E-state index in [1.54, 1.807) is 4.90 Å². The molecule has 0 radical (unpaired) electrons. The number of nitrogens with two attached hydrogens (primary N) is 1. The Balaban J connectivity index is 1.52. The van der Waals surface area contributed by atoms with Gasteiger partial charge in [0.25, 0.3) is 0 Å². The summed E-state index contributed by atoms with van der Waals surface area (Å²) in [5.41, 5.74) is 5.33. The van der Waals surface area contributed by atoms with Crippen molar-refractivity contribution in [1.82, 2.24) is 47.4 Å². The average Bonchev–Trinajstić information content (AvgIpc) is 3.84. The number of carbonyl (C=O) groups is 1. The van der Waals surface area contributed by atoms with E-state index < -0.39 is 0 Å². The molecule has 0 aromatic heterocycles. The molecule has 0 heterocycles. The summed E-state index contributed by atoms with van der Waals surface area (Å²) >= 11 is 0. The quantitative estimate of drug-likeness (QED) is 0.0502. The fourth-order valence-electron chi connectivity index (χ4n) is 3.76. The van der Waals surface area contributed by atoms with Crippen molar-refractivity contribution in [2.75, 3.05) is 65.4 Å². The zero-order valence-corrected chi connectivity index (χ0v) is 23.8. The van der Waals surface area contributed by atoms with Gasteiger partial charge in [-0.1, -0.05) is 0 Å². The molecule has 0 aliphatic heterocycles. The first-order chi connectivity index (χ1) is 19.3. The molecule has 2 aliphatic carbocycles. The fourth-order valence-corrected chi connectivity index (χ4v) is 3.76. The van der Waals surface area contributed by atoms with Gasteiger partial charge in [-0.05, 0) is 76.3 Å². The van der Waals surface area contributed by atoms with E-state index in [9.17, 15) is 4.79 Å².